The maximum Gasteiger partial charge on any atom is 0.311 e. The van der Waals surface area contributed by atoms with Gasteiger partial charge in [-0.25, -0.2) is 13.4 Å². The van der Waals surface area contributed by atoms with E-state index >= 15 is 0 Å². The quantitative estimate of drug-likeness (QED) is 0.370. The maximum absolute atomic E-state index is 12.7. The highest BCUT2D eigenvalue weighted by Gasteiger charge is 2.20. The predicted molar refractivity (Wildman–Crippen MR) is 130 cm³/mol. The van der Waals surface area contributed by atoms with E-state index in [1.807, 2.05) is 6.92 Å². The van der Waals surface area contributed by atoms with Crippen LogP contribution in [-0.4, -0.2) is 42.8 Å². The zero-order valence-electron chi connectivity index (χ0n) is 19.0. The molecule has 0 spiro atoms. The fraction of sp³-hybridized carbons (Fsp3) is 0.286. The van der Waals surface area contributed by atoms with Crippen LogP contribution in [0.25, 0.3) is 0 Å². The first-order valence-electron chi connectivity index (χ1n) is 10.3. The lowest BCUT2D eigenvalue weighted by atomic mass is 10.2. The van der Waals surface area contributed by atoms with E-state index in [0.29, 0.717) is 22.1 Å². The molecule has 0 saturated heterocycles. The number of amides is 1. The Kier molecular flexibility index (Phi) is 8.53. The Morgan fingerprint density at radius 1 is 1.06 bits per heavy atom. The number of carbonyl (C=O) groups excluding carboxylic acids is 3. The second-order valence-corrected chi connectivity index (χ2v) is 10.5. The molecule has 0 saturated carbocycles. The van der Waals surface area contributed by atoms with Gasteiger partial charge in [0, 0.05) is 17.9 Å². The molecule has 186 valence electrons. The van der Waals surface area contributed by atoms with Crippen LogP contribution < -0.4 is 14.8 Å². The number of aromatic nitrogens is 2. The number of nitrogens with one attached hydrogen (secondary N) is 2. The third-order valence-electron chi connectivity index (χ3n) is 4.27. The van der Waals surface area contributed by atoms with E-state index in [1.54, 1.807) is 12.3 Å². The summed E-state index contributed by atoms with van der Waals surface area (Å²) in [4.78, 5) is 44.0. The highest BCUT2D eigenvalue weighted by atomic mass is 32.2. The topological polar surface area (TPSA) is 154 Å². The maximum atomic E-state index is 12.7. The van der Waals surface area contributed by atoms with Gasteiger partial charge in [-0.3, -0.25) is 24.4 Å². The van der Waals surface area contributed by atoms with Crippen LogP contribution in [0.1, 0.15) is 41.7 Å². The number of anilines is 2. The first kappa shape index (κ1) is 26.2. The molecule has 35 heavy (non-hydrogen) atoms. The fourth-order valence-electron chi connectivity index (χ4n) is 2.75. The highest BCUT2D eigenvalue weighted by molar-refractivity contribution is 7.93. The molecule has 2 N–H and O–H groups in total. The van der Waals surface area contributed by atoms with Gasteiger partial charge in [-0.1, -0.05) is 18.3 Å². The van der Waals surface area contributed by atoms with Crippen molar-refractivity contribution in [3.63, 3.8) is 0 Å². The van der Waals surface area contributed by atoms with Crippen molar-refractivity contribution in [3.05, 3.63) is 45.8 Å². The molecule has 0 atom stereocenters. The number of ether oxygens (including phenoxy) is 2. The molecule has 3 aromatic rings. The molecular formula is C21H22N4O7S3. The number of sulfonamides is 1. The minimum absolute atomic E-state index is 0.000976. The van der Waals surface area contributed by atoms with Gasteiger partial charge in [-0.05, 0) is 37.6 Å². The molecule has 0 bridgehead atoms. The Bertz CT molecular complexity index is 1330. The van der Waals surface area contributed by atoms with Gasteiger partial charge in [0.25, 0.3) is 15.9 Å². The Balaban J connectivity index is 1.66. The number of hydrogen-bond acceptors (Lipinski definition) is 11. The third-order valence-corrected chi connectivity index (χ3v) is 7.66. The number of nitrogens with zero attached hydrogens (tertiary/aromatic N) is 2. The summed E-state index contributed by atoms with van der Waals surface area (Å²) in [5.74, 6) is -1.38. The van der Waals surface area contributed by atoms with Gasteiger partial charge in [0.05, 0.1) is 28.5 Å². The number of thiazole rings is 2. The van der Waals surface area contributed by atoms with E-state index in [-0.39, 0.29) is 34.5 Å². The van der Waals surface area contributed by atoms with E-state index in [2.05, 4.69) is 20.0 Å². The van der Waals surface area contributed by atoms with Gasteiger partial charge in [-0.2, -0.15) is 4.98 Å². The number of hydrogen-bond donors (Lipinski definition) is 2. The van der Waals surface area contributed by atoms with Crippen molar-refractivity contribution in [3.8, 4) is 5.88 Å². The second kappa shape index (κ2) is 11.4. The number of rotatable bonds is 10. The molecule has 14 heteroatoms. The summed E-state index contributed by atoms with van der Waals surface area (Å²) in [5, 5.41) is 4.61. The van der Waals surface area contributed by atoms with E-state index < -0.39 is 27.9 Å². The summed E-state index contributed by atoms with van der Waals surface area (Å²) in [6.07, 6.45) is 0.510. The number of aryl methyl sites for hydroxylation is 1. The molecule has 0 radical (unpaired) electrons. The number of carbonyl (C=O) groups is 3. The predicted octanol–water partition coefficient (Wildman–Crippen LogP) is 3.25. The Hall–Kier alpha value is -3.36. The van der Waals surface area contributed by atoms with Crippen molar-refractivity contribution in [2.45, 2.75) is 38.5 Å². The van der Waals surface area contributed by atoms with E-state index in [1.165, 1.54) is 31.2 Å². The van der Waals surface area contributed by atoms with Crippen LogP contribution in [0, 0.1) is 0 Å². The lowest BCUT2D eigenvalue weighted by molar-refractivity contribution is -0.142. The number of esters is 2. The van der Waals surface area contributed by atoms with E-state index in [9.17, 15) is 22.8 Å². The summed E-state index contributed by atoms with van der Waals surface area (Å²) in [7, 11) is -4.00. The number of benzene rings is 1. The van der Waals surface area contributed by atoms with Gasteiger partial charge in [-0.15, -0.1) is 11.3 Å². The largest absolute Gasteiger partial charge is 0.466 e. The second-order valence-electron chi connectivity index (χ2n) is 6.90. The van der Waals surface area contributed by atoms with Crippen LogP contribution in [-0.2, 0) is 37.2 Å². The Labute approximate surface area is 209 Å². The summed E-state index contributed by atoms with van der Waals surface area (Å²) in [6.45, 7) is 5.04. The summed E-state index contributed by atoms with van der Waals surface area (Å²) < 4.78 is 37.7. The lowest BCUT2D eigenvalue weighted by Crippen LogP contribution is -2.15. The average molecular weight is 539 g/mol. The minimum atomic E-state index is -4.00. The fourth-order valence-corrected chi connectivity index (χ4v) is 5.52. The molecule has 0 aliphatic carbocycles. The lowest BCUT2D eigenvalue weighted by Gasteiger charge is -2.06. The summed E-state index contributed by atoms with van der Waals surface area (Å²) in [5.41, 5.74) is 0.687. The first-order chi connectivity index (χ1) is 16.6. The van der Waals surface area contributed by atoms with Gasteiger partial charge in [0.2, 0.25) is 5.88 Å². The minimum Gasteiger partial charge on any atom is -0.466 e. The van der Waals surface area contributed by atoms with Gasteiger partial charge < -0.3 is 9.47 Å². The SMILES string of the molecule is CCOC(=O)Cc1csc(NC(=O)c2ccc(S(=O)(=O)Nc3nc(OC(C)=O)c(CC)s3)cc2)n1. The van der Waals surface area contributed by atoms with Crippen LogP contribution in [0.3, 0.4) is 0 Å². The van der Waals surface area contributed by atoms with Crippen LogP contribution in [0.2, 0.25) is 0 Å². The highest BCUT2D eigenvalue weighted by Crippen LogP contribution is 2.31. The average Bonchev–Trinajstić information content (AvgIpc) is 3.39. The van der Waals surface area contributed by atoms with Crippen molar-refractivity contribution in [2.75, 3.05) is 16.6 Å². The zero-order valence-corrected chi connectivity index (χ0v) is 21.4. The van der Waals surface area contributed by atoms with Crippen LogP contribution in [0.5, 0.6) is 5.88 Å². The zero-order chi connectivity index (χ0) is 25.6. The van der Waals surface area contributed by atoms with Crippen molar-refractivity contribution in [2.24, 2.45) is 0 Å². The molecule has 0 aliphatic rings. The molecule has 0 fully saturated rings. The van der Waals surface area contributed by atoms with Gasteiger partial charge in [0.1, 0.15) is 0 Å². The molecule has 11 nitrogen and oxygen atoms in total. The molecule has 2 aromatic heterocycles. The van der Waals surface area contributed by atoms with Crippen LogP contribution in [0.4, 0.5) is 10.3 Å². The Morgan fingerprint density at radius 3 is 2.40 bits per heavy atom. The van der Waals surface area contributed by atoms with Crippen LogP contribution in [0.15, 0.2) is 34.5 Å². The standard InChI is InChI=1S/C21H22N4O7S3/c1-4-16-19(32-12(3)26)24-21(34-16)25-35(29,30)15-8-6-13(7-9-15)18(28)23-20-22-14(11-33-20)10-17(27)31-5-2/h6-9,11H,4-5,10H2,1-3H3,(H,24,25)(H,22,23,28). The van der Waals surface area contributed by atoms with Crippen molar-refractivity contribution >= 4 is 60.8 Å². The van der Waals surface area contributed by atoms with Crippen LogP contribution >= 0.6 is 22.7 Å². The van der Waals surface area contributed by atoms with Gasteiger partial charge >= 0.3 is 11.9 Å². The monoisotopic (exact) mass is 538 g/mol. The van der Waals surface area contributed by atoms with E-state index in [0.717, 1.165) is 22.7 Å². The van der Waals surface area contributed by atoms with Gasteiger partial charge in [0.15, 0.2) is 10.3 Å². The summed E-state index contributed by atoms with van der Waals surface area (Å²) >= 11 is 2.22. The van der Waals surface area contributed by atoms with Crippen molar-refractivity contribution in [1.29, 1.82) is 0 Å². The normalized spacial score (nSPS) is 11.1. The third kappa shape index (κ3) is 7.07. The van der Waals surface area contributed by atoms with E-state index in [4.69, 9.17) is 9.47 Å². The molecule has 0 aliphatic heterocycles. The molecule has 2 heterocycles. The molecule has 1 aromatic carbocycles. The molecule has 1 amide bonds. The Morgan fingerprint density at radius 2 is 1.77 bits per heavy atom. The van der Waals surface area contributed by atoms with Crippen molar-refractivity contribution < 1.29 is 32.3 Å². The molecule has 3 rings (SSSR count). The molecular weight excluding hydrogens is 516 g/mol. The van der Waals surface area contributed by atoms with Crippen molar-refractivity contribution in [1.82, 2.24) is 9.97 Å². The smallest absolute Gasteiger partial charge is 0.311 e. The summed E-state index contributed by atoms with van der Waals surface area (Å²) in [6, 6.07) is 5.29. The first-order valence-corrected chi connectivity index (χ1v) is 13.5. The molecule has 0 unspecified atom stereocenters.